The van der Waals surface area contributed by atoms with E-state index in [1.54, 1.807) is 24.3 Å². The van der Waals surface area contributed by atoms with Crippen molar-refractivity contribution in [1.82, 2.24) is 0 Å². The highest BCUT2D eigenvalue weighted by Gasteiger charge is 2.09. The second-order valence-corrected chi connectivity index (χ2v) is 4.43. The lowest BCUT2D eigenvalue weighted by Gasteiger charge is -2.06. The van der Waals surface area contributed by atoms with Crippen LogP contribution in [0, 0.1) is 0 Å². The number of carbonyl (C=O) groups excluding carboxylic acids is 1. The van der Waals surface area contributed by atoms with Crippen molar-refractivity contribution in [3.05, 3.63) is 53.1 Å². The van der Waals surface area contributed by atoms with Crippen molar-refractivity contribution >= 4 is 17.4 Å². The van der Waals surface area contributed by atoms with Crippen LogP contribution in [0.25, 0.3) is 11.1 Å². The molecule has 0 spiro atoms. The molecule has 2 nitrogen and oxygen atoms in total. The van der Waals surface area contributed by atoms with Gasteiger partial charge in [-0.05, 0) is 35.4 Å². The monoisotopic (exact) mass is 260 g/mol. The highest BCUT2D eigenvalue weighted by atomic mass is 35.5. The number of benzene rings is 2. The maximum absolute atomic E-state index is 11.6. The summed E-state index contributed by atoms with van der Waals surface area (Å²) in [5.74, 6) is 0.264. The van der Waals surface area contributed by atoms with Gasteiger partial charge in [-0.3, -0.25) is 4.79 Å². The average Bonchev–Trinajstić information content (AvgIpc) is 2.38. The minimum atomic E-state index is 0.0391. The zero-order chi connectivity index (χ0) is 13.1. The van der Waals surface area contributed by atoms with Crippen LogP contribution in [0.3, 0.4) is 0 Å². The fraction of sp³-hybridized carbons (Fsp3) is 0.133. The highest BCUT2D eigenvalue weighted by molar-refractivity contribution is 6.34. The fourth-order valence-electron chi connectivity index (χ4n) is 1.77. The van der Waals surface area contributed by atoms with Crippen molar-refractivity contribution in [2.24, 2.45) is 0 Å². The Labute approximate surface area is 111 Å². The fourth-order valence-corrected chi connectivity index (χ4v) is 2.05. The van der Waals surface area contributed by atoms with E-state index in [1.165, 1.54) is 0 Å². The Hall–Kier alpha value is -1.80. The number of phenolic OH excluding ortho intramolecular Hbond substituents is 1. The molecular formula is C15H13ClO2. The van der Waals surface area contributed by atoms with E-state index in [0.29, 0.717) is 17.0 Å². The number of rotatable bonds is 3. The molecule has 2 aromatic rings. The molecule has 92 valence electrons. The van der Waals surface area contributed by atoms with E-state index in [-0.39, 0.29) is 11.5 Å². The Morgan fingerprint density at radius 3 is 2.28 bits per heavy atom. The molecule has 2 aromatic carbocycles. The first-order valence-corrected chi connectivity index (χ1v) is 6.11. The van der Waals surface area contributed by atoms with Gasteiger partial charge >= 0.3 is 0 Å². The smallest absolute Gasteiger partial charge is 0.164 e. The highest BCUT2D eigenvalue weighted by Crippen LogP contribution is 2.27. The summed E-state index contributed by atoms with van der Waals surface area (Å²) in [4.78, 5) is 11.6. The van der Waals surface area contributed by atoms with Gasteiger partial charge in [0, 0.05) is 12.0 Å². The summed E-state index contributed by atoms with van der Waals surface area (Å²) in [5, 5.41) is 9.70. The molecule has 0 bridgehead atoms. The topological polar surface area (TPSA) is 37.3 Å². The molecule has 0 aliphatic rings. The zero-order valence-electron chi connectivity index (χ0n) is 9.98. The summed E-state index contributed by atoms with van der Waals surface area (Å²) in [6, 6.07) is 12.2. The number of phenols is 1. The summed E-state index contributed by atoms with van der Waals surface area (Å²) in [5.41, 5.74) is 2.43. The summed E-state index contributed by atoms with van der Waals surface area (Å²) >= 11 is 6.11. The SMILES string of the molecule is CCC(=O)c1ccc(-c2ccc(O)cc2)cc1Cl. The predicted molar refractivity (Wildman–Crippen MR) is 73.2 cm³/mol. The third kappa shape index (κ3) is 2.54. The Balaban J connectivity index is 2.40. The van der Waals surface area contributed by atoms with E-state index in [2.05, 4.69) is 0 Å². The van der Waals surface area contributed by atoms with E-state index >= 15 is 0 Å². The molecule has 0 unspecified atom stereocenters. The molecule has 1 N–H and O–H groups in total. The van der Waals surface area contributed by atoms with Crippen LogP contribution in [-0.2, 0) is 0 Å². The molecule has 0 amide bonds. The van der Waals surface area contributed by atoms with Gasteiger partial charge in [0.15, 0.2) is 5.78 Å². The van der Waals surface area contributed by atoms with Gasteiger partial charge in [0.05, 0.1) is 5.02 Å². The molecule has 0 saturated heterocycles. The summed E-state index contributed by atoms with van der Waals surface area (Å²) in [6.07, 6.45) is 0.443. The number of hydrogen-bond donors (Lipinski definition) is 1. The number of Topliss-reactive ketones (excluding diaryl/α,β-unsaturated/α-hetero) is 1. The summed E-state index contributed by atoms with van der Waals surface area (Å²) < 4.78 is 0. The molecule has 0 heterocycles. The molecule has 0 aromatic heterocycles. The molecule has 3 heteroatoms. The molecule has 18 heavy (non-hydrogen) atoms. The second kappa shape index (κ2) is 5.23. The number of aromatic hydroxyl groups is 1. The van der Waals surface area contributed by atoms with E-state index in [0.717, 1.165) is 11.1 Å². The number of ketones is 1. The van der Waals surface area contributed by atoms with Crippen molar-refractivity contribution in [2.75, 3.05) is 0 Å². The third-order valence-electron chi connectivity index (χ3n) is 2.79. The lowest BCUT2D eigenvalue weighted by molar-refractivity contribution is 0.0988. The van der Waals surface area contributed by atoms with E-state index in [9.17, 15) is 9.90 Å². The minimum Gasteiger partial charge on any atom is -0.508 e. The van der Waals surface area contributed by atoms with Crippen LogP contribution < -0.4 is 0 Å². The Morgan fingerprint density at radius 1 is 1.11 bits per heavy atom. The van der Waals surface area contributed by atoms with Crippen molar-refractivity contribution in [1.29, 1.82) is 0 Å². The minimum absolute atomic E-state index is 0.0391. The number of carbonyl (C=O) groups is 1. The maximum atomic E-state index is 11.6. The second-order valence-electron chi connectivity index (χ2n) is 4.02. The maximum Gasteiger partial charge on any atom is 0.164 e. The van der Waals surface area contributed by atoms with Gasteiger partial charge in [0.1, 0.15) is 5.75 Å². The summed E-state index contributed by atoms with van der Waals surface area (Å²) in [6.45, 7) is 1.81. The number of hydrogen-bond acceptors (Lipinski definition) is 2. The average molecular weight is 261 g/mol. The first-order chi connectivity index (χ1) is 8.61. The van der Waals surface area contributed by atoms with E-state index in [4.69, 9.17) is 11.6 Å². The van der Waals surface area contributed by atoms with Gasteiger partial charge in [0.2, 0.25) is 0 Å². The van der Waals surface area contributed by atoms with Crippen LogP contribution in [0.1, 0.15) is 23.7 Å². The van der Waals surface area contributed by atoms with Crippen LogP contribution in [-0.4, -0.2) is 10.9 Å². The van der Waals surface area contributed by atoms with Crippen LogP contribution in [0.4, 0.5) is 0 Å². The van der Waals surface area contributed by atoms with Crippen LogP contribution in [0.15, 0.2) is 42.5 Å². The van der Waals surface area contributed by atoms with Crippen molar-refractivity contribution in [2.45, 2.75) is 13.3 Å². The summed E-state index contributed by atoms with van der Waals surface area (Å²) in [7, 11) is 0. The molecule has 0 radical (unpaired) electrons. The van der Waals surface area contributed by atoms with Crippen molar-refractivity contribution < 1.29 is 9.90 Å². The van der Waals surface area contributed by atoms with Crippen LogP contribution in [0.2, 0.25) is 5.02 Å². The lowest BCUT2D eigenvalue weighted by Crippen LogP contribution is -1.97. The molecule has 2 rings (SSSR count). The Morgan fingerprint density at radius 2 is 1.72 bits per heavy atom. The molecule has 0 fully saturated rings. The normalized spacial score (nSPS) is 10.3. The first-order valence-electron chi connectivity index (χ1n) is 5.74. The van der Waals surface area contributed by atoms with Gasteiger partial charge in [0.25, 0.3) is 0 Å². The quantitative estimate of drug-likeness (QED) is 0.835. The van der Waals surface area contributed by atoms with Gasteiger partial charge in [-0.1, -0.05) is 36.7 Å². The standard InChI is InChI=1S/C15H13ClO2/c1-2-15(18)13-8-5-11(9-14(13)16)10-3-6-12(17)7-4-10/h3-9,17H,2H2,1H3. The molecule has 0 aliphatic carbocycles. The van der Waals surface area contributed by atoms with Crippen LogP contribution >= 0.6 is 11.6 Å². The third-order valence-corrected chi connectivity index (χ3v) is 3.10. The van der Waals surface area contributed by atoms with Gasteiger partial charge < -0.3 is 5.11 Å². The van der Waals surface area contributed by atoms with Crippen molar-refractivity contribution in [3.8, 4) is 16.9 Å². The zero-order valence-corrected chi connectivity index (χ0v) is 10.7. The van der Waals surface area contributed by atoms with Gasteiger partial charge in [-0.15, -0.1) is 0 Å². The molecule has 0 atom stereocenters. The van der Waals surface area contributed by atoms with E-state index < -0.39 is 0 Å². The predicted octanol–water partition coefficient (Wildman–Crippen LogP) is 4.31. The van der Waals surface area contributed by atoms with Gasteiger partial charge in [-0.2, -0.15) is 0 Å². The first kappa shape index (κ1) is 12.7. The molecule has 0 saturated carbocycles. The van der Waals surface area contributed by atoms with Crippen LogP contribution in [0.5, 0.6) is 5.75 Å². The molecular weight excluding hydrogens is 248 g/mol. The van der Waals surface area contributed by atoms with Gasteiger partial charge in [-0.25, -0.2) is 0 Å². The Kier molecular flexibility index (Phi) is 3.68. The Bertz CT molecular complexity index is 574. The van der Waals surface area contributed by atoms with E-state index in [1.807, 2.05) is 25.1 Å². The lowest BCUT2D eigenvalue weighted by atomic mass is 10.0. The largest absolute Gasteiger partial charge is 0.508 e. The molecule has 0 aliphatic heterocycles. The van der Waals surface area contributed by atoms with Crippen molar-refractivity contribution in [3.63, 3.8) is 0 Å². The number of halogens is 1.